The van der Waals surface area contributed by atoms with Crippen LogP contribution in [0.3, 0.4) is 0 Å². The molecule has 0 aromatic carbocycles. The molecule has 0 radical (unpaired) electrons. The van der Waals surface area contributed by atoms with E-state index in [4.69, 9.17) is 4.74 Å². The number of thiophene rings is 1. The second-order valence-corrected chi connectivity index (χ2v) is 6.48. The molecule has 0 saturated carbocycles. The summed E-state index contributed by atoms with van der Waals surface area (Å²) in [5.74, 6) is 1.64. The summed E-state index contributed by atoms with van der Waals surface area (Å²) in [7, 11) is 1.60. The monoisotopic (exact) mass is 331 g/mol. The van der Waals surface area contributed by atoms with Crippen molar-refractivity contribution < 1.29 is 9.53 Å². The van der Waals surface area contributed by atoms with Crippen molar-refractivity contribution in [2.45, 2.75) is 25.8 Å². The van der Waals surface area contributed by atoms with Crippen molar-refractivity contribution in [2.24, 2.45) is 0 Å². The summed E-state index contributed by atoms with van der Waals surface area (Å²) in [6.45, 7) is 2.57. The number of nitrogens with zero attached hydrogens (tertiary/aromatic N) is 2. The van der Waals surface area contributed by atoms with Gasteiger partial charge in [-0.1, -0.05) is 6.07 Å². The van der Waals surface area contributed by atoms with Crippen LogP contribution < -0.4 is 15.0 Å². The number of ether oxygens (including phenoxy) is 1. The van der Waals surface area contributed by atoms with E-state index >= 15 is 0 Å². The standard InChI is InChI=1S/C17H21N3O2S/c1-22-14-10-15(23-12-14)17(21)19-11-13-6-5-7-18-16(13)20-8-3-2-4-9-20/h5-7,10,12H,2-4,8-9,11H2,1H3,(H,19,21). The van der Waals surface area contributed by atoms with Crippen molar-refractivity contribution in [1.29, 1.82) is 0 Å². The van der Waals surface area contributed by atoms with Gasteiger partial charge in [0.05, 0.1) is 12.0 Å². The zero-order valence-corrected chi connectivity index (χ0v) is 14.1. The lowest BCUT2D eigenvalue weighted by molar-refractivity contribution is 0.0955. The van der Waals surface area contributed by atoms with Gasteiger partial charge >= 0.3 is 0 Å². The van der Waals surface area contributed by atoms with Gasteiger partial charge in [0.15, 0.2) is 0 Å². The predicted octanol–water partition coefficient (Wildman–Crippen LogP) is 3.07. The van der Waals surface area contributed by atoms with E-state index in [0.29, 0.717) is 11.4 Å². The Morgan fingerprint density at radius 3 is 2.96 bits per heavy atom. The molecule has 2 aromatic rings. The Bertz CT molecular complexity index is 665. The van der Waals surface area contributed by atoms with Gasteiger partial charge < -0.3 is 15.0 Å². The number of carbonyl (C=O) groups excluding carboxylic acids is 1. The normalized spacial score (nSPS) is 14.6. The molecule has 1 N–H and O–H groups in total. The summed E-state index contributed by atoms with van der Waals surface area (Å²) in [6.07, 6.45) is 5.52. The lowest BCUT2D eigenvalue weighted by Gasteiger charge is -2.29. The first kappa shape index (κ1) is 15.8. The lowest BCUT2D eigenvalue weighted by atomic mass is 10.1. The van der Waals surface area contributed by atoms with Crippen LogP contribution in [-0.4, -0.2) is 31.1 Å². The maximum absolute atomic E-state index is 12.2. The van der Waals surface area contributed by atoms with Crippen LogP contribution in [-0.2, 0) is 6.54 Å². The number of rotatable bonds is 5. The van der Waals surface area contributed by atoms with Crippen LogP contribution in [0.1, 0.15) is 34.5 Å². The van der Waals surface area contributed by atoms with Gasteiger partial charge in [0.25, 0.3) is 5.91 Å². The van der Waals surface area contributed by atoms with Crippen LogP contribution in [0.15, 0.2) is 29.8 Å². The summed E-state index contributed by atoms with van der Waals surface area (Å²) in [5, 5.41) is 4.81. The highest BCUT2D eigenvalue weighted by atomic mass is 32.1. The van der Waals surface area contributed by atoms with Gasteiger partial charge in [-0.25, -0.2) is 4.98 Å². The van der Waals surface area contributed by atoms with Gasteiger partial charge in [-0.15, -0.1) is 11.3 Å². The summed E-state index contributed by atoms with van der Waals surface area (Å²) < 4.78 is 5.12. The summed E-state index contributed by atoms with van der Waals surface area (Å²) in [4.78, 5) is 19.7. The van der Waals surface area contributed by atoms with Crippen molar-refractivity contribution in [3.05, 3.63) is 40.2 Å². The van der Waals surface area contributed by atoms with E-state index in [1.54, 1.807) is 13.2 Å². The Balaban J connectivity index is 1.66. The summed E-state index contributed by atoms with van der Waals surface area (Å²) in [5.41, 5.74) is 1.06. The minimum atomic E-state index is -0.0771. The number of piperidine rings is 1. The second kappa shape index (κ2) is 7.46. The van der Waals surface area contributed by atoms with Crippen LogP contribution in [0.4, 0.5) is 5.82 Å². The molecule has 6 heteroatoms. The molecule has 0 aliphatic carbocycles. The molecule has 1 aliphatic rings. The number of hydrogen-bond acceptors (Lipinski definition) is 5. The molecule has 1 amide bonds. The number of aromatic nitrogens is 1. The lowest BCUT2D eigenvalue weighted by Crippen LogP contribution is -2.32. The molecule has 5 nitrogen and oxygen atoms in total. The largest absolute Gasteiger partial charge is 0.496 e. The number of methoxy groups -OCH3 is 1. The molecular formula is C17H21N3O2S. The molecule has 2 aromatic heterocycles. The van der Waals surface area contributed by atoms with Gasteiger partial charge in [-0.05, 0) is 25.3 Å². The Morgan fingerprint density at radius 2 is 2.22 bits per heavy atom. The maximum atomic E-state index is 12.2. The number of amides is 1. The van der Waals surface area contributed by atoms with Crippen LogP contribution in [0.5, 0.6) is 5.75 Å². The molecule has 23 heavy (non-hydrogen) atoms. The SMILES string of the molecule is COc1csc(C(=O)NCc2cccnc2N2CCCCC2)c1. The molecule has 0 unspecified atom stereocenters. The van der Waals surface area contributed by atoms with Crippen molar-refractivity contribution in [1.82, 2.24) is 10.3 Å². The van der Waals surface area contributed by atoms with Crippen LogP contribution in [0.25, 0.3) is 0 Å². The smallest absolute Gasteiger partial charge is 0.261 e. The van der Waals surface area contributed by atoms with Gasteiger partial charge in [0.1, 0.15) is 11.6 Å². The Labute approximate surface area is 140 Å². The number of carbonyl (C=O) groups is 1. The minimum absolute atomic E-state index is 0.0771. The highest BCUT2D eigenvalue weighted by Gasteiger charge is 2.16. The van der Waals surface area contributed by atoms with Gasteiger partial charge in [-0.3, -0.25) is 4.79 Å². The van der Waals surface area contributed by atoms with E-state index in [-0.39, 0.29) is 5.91 Å². The third kappa shape index (κ3) is 3.82. The average Bonchev–Trinajstić information content (AvgIpc) is 3.10. The minimum Gasteiger partial charge on any atom is -0.496 e. The highest BCUT2D eigenvalue weighted by molar-refractivity contribution is 7.12. The molecule has 1 fully saturated rings. The Kier molecular flexibility index (Phi) is 5.12. The Hall–Kier alpha value is -2.08. The van der Waals surface area contributed by atoms with Crippen LogP contribution >= 0.6 is 11.3 Å². The molecular weight excluding hydrogens is 310 g/mol. The zero-order valence-electron chi connectivity index (χ0n) is 13.2. The van der Waals surface area contributed by atoms with E-state index < -0.39 is 0 Å². The van der Waals surface area contributed by atoms with Crippen molar-refractivity contribution in [3.8, 4) is 5.75 Å². The predicted molar refractivity (Wildman–Crippen MR) is 92.3 cm³/mol. The number of anilines is 1. The fourth-order valence-electron chi connectivity index (χ4n) is 2.77. The molecule has 3 rings (SSSR count). The van der Waals surface area contributed by atoms with E-state index in [1.165, 1.54) is 30.6 Å². The Morgan fingerprint density at radius 1 is 1.39 bits per heavy atom. The zero-order chi connectivity index (χ0) is 16.1. The quantitative estimate of drug-likeness (QED) is 0.915. The van der Waals surface area contributed by atoms with Gasteiger partial charge in [0, 0.05) is 42.8 Å². The fourth-order valence-corrected chi connectivity index (χ4v) is 3.54. The van der Waals surface area contributed by atoms with E-state index in [0.717, 1.165) is 30.2 Å². The first-order valence-corrected chi connectivity index (χ1v) is 8.75. The molecule has 3 heterocycles. The molecule has 122 valence electrons. The number of pyridine rings is 1. The third-order valence-corrected chi connectivity index (χ3v) is 4.90. The number of nitrogens with one attached hydrogen (secondary N) is 1. The first-order valence-electron chi connectivity index (χ1n) is 7.87. The fraction of sp³-hybridized carbons (Fsp3) is 0.412. The van der Waals surface area contributed by atoms with Crippen molar-refractivity contribution in [3.63, 3.8) is 0 Å². The molecule has 0 spiro atoms. The highest BCUT2D eigenvalue weighted by Crippen LogP contribution is 2.23. The molecule has 1 saturated heterocycles. The van der Waals surface area contributed by atoms with E-state index in [1.807, 2.05) is 23.7 Å². The molecule has 1 aliphatic heterocycles. The van der Waals surface area contributed by atoms with E-state index in [2.05, 4.69) is 15.2 Å². The third-order valence-electron chi connectivity index (χ3n) is 4.00. The van der Waals surface area contributed by atoms with Crippen LogP contribution in [0.2, 0.25) is 0 Å². The van der Waals surface area contributed by atoms with Crippen LogP contribution in [0, 0.1) is 0 Å². The van der Waals surface area contributed by atoms with E-state index in [9.17, 15) is 4.79 Å². The summed E-state index contributed by atoms with van der Waals surface area (Å²) >= 11 is 1.39. The second-order valence-electron chi connectivity index (χ2n) is 5.57. The molecule has 0 atom stereocenters. The van der Waals surface area contributed by atoms with Gasteiger partial charge in [-0.2, -0.15) is 0 Å². The van der Waals surface area contributed by atoms with Crippen molar-refractivity contribution in [2.75, 3.05) is 25.1 Å². The summed E-state index contributed by atoms with van der Waals surface area (Å²) in [6, 6.07) is 5.71. The van der Waals surface area contributed by atoms with Gasteiger partial charge in [0.2, 0.25) is 0 Å². The maximum Gasteiger partial charge on any atom is 0.261 e. The topological polar surface area (TPSA) is 54.5 Å². The number of hydrogen-bond donors (Lipinski definition) is 1. The van der Waals surface area contributed by atoms with Crippen molar-refractivity contribution >= 4 is 23.1 Å². The average molecular weight is 331 g/mol. The molecule has 0 bridgehead atoms. The first-order chi connectivity index (χ1) is 11.3.